The van der Waals surface area contributed by atoms with E-state index in [2.05, 4.69) is 15.0 Å². The number of nitrogens with zero attached hydrogens (tertiary/aromatic N) is 1. The van der Waals surface area contributed by atoms with Gasteiger partial charge in [0.15, 0.2) is 11.4 Å². The average Bonchev–Trinajstić information content (AvgIpc) is 3.08. The first-order valence-corrected chi connectivity index (χ1v) is 8.05. The molecule has 3 aromatic carbocycles. The Morgan fingerprint density at radius 1 is 1.15 bits per heavy atom. The summed E-state index contributed by atoms with van der Waals surface area (Å²) in [6.07, 6.45) is -0.162. The lowest BCUT2D eigenvalue weighted by Crippen LogP contribution is -2.06. The van der Waals surface area contributed by atoms with Gasteiger partial charge < -0.3 is 14.5 Å². The predicted octanol–water partition coefficient (Wildman–Crippen LogP) is 4.58. The summed E-state index contributed by atoms with van der Waals surface area (Å²) in [6, 6.07) is 17.0. The van der Waals surface area contributed by atoms with E-state index in [4.69, 9.17) is 4.42 Å². The molecule has 0 bridgehead atoms. The number of rotatable bonds is 4. The molecule has 0 spiro atoms. The molecule has 0 aliphatic rings. The first kappa shape index (κ1) is 16.1. The van der Waals surface area contributed by atoms with Crippen LogP contribution in [0.4, 0.5) is 16.1 Å². The number of carbonyl (C=O) groups is 1. The lowest BCUT2D eigenvalue weighted by molar-refractivity contribution is -0.139. The van der Waals surface area contributed by atoms with Crippen molar-refractivity contribution in [1.29, 1.82) is 0 Å². The minimum absolute atomic E-state index is 0.00846. The van der Waals surface area contributed by atoms with Crippen LogP contribution in [-0.4, -0.2) is 18.1 Å². The van der Waals surface area contributed by atoms with Crippen LogP contribution in [0.25, 0.3) is 21.9 Å². The van der Waals surface area contributed by atoms with Gasteiger partial charge in [0, 0.05) is 10.9 Å². The maximum absolute atomic E-state index is 14.6. The molecule has 26 heavy (non-hydrogen) atoms. The number of ether oxygens (including phenoxy) is 1. The third-order valence-corrected chi connectivity index (χ3v) is 4.17. The quantitative estimate of drug-likeness (QED) is 0.546. The predicted molar refractivity (Wildman–Crippen MR) is 96.9 cm³/mol. The third kappa shape index (κ3) is 2.86. The van der Waals surface area contributed by atoms with E-state index in [1.165, 1.54) is 13.2 Å². The molecule has 6 heteroatoms. The monoisotopic (exact) mass is 350 g/mol. The second-order valence-corrected chi connectivity index (χ2v) is 5.81. The van der Waals surface area contributed by atoms with E-state index in [-0.39, 0.29) is 23.6 Å². The minimum atomic E-state index is -0.605. The smallest absolute Gasteiger partial charge is 0.310 e. The molecule has 5 nitrogen and oxygen atoms in total. The van der Waals surface area contributed by atoms with Gasteiger partial charge in [-0.25, -0.2) is 4.39 Å². The van der Waals surface area contributed by atoms with E-state index < -0.39 is 11.8 Å². The van der Waals surface area contributed by atoms with E-state index in [1.807, 2.05) is 42.5 Å². The second-order valence-electron chi connectivity index (χ2n) is 5.81. The molecule has 0 amide bonds. The largest absolute Gasteiger partial charge is 0.469 e. The van der Waals surface area contributed by atoms with Gasteiger partial charge in [0.25, 0.3) is 6.01 Å². The highest BCUT2D eigenvalue weighted by molar-refractivity contribution is 5.95. The van der Waals surface area contributed by atoms with E-state index in [1.54, 1.807) is 6.07 Å². The summed E-state index contributed by atoms with van der Waals surface area (Å²) < 4.78 is 24.7. The highest BCUT2D eigenvalue weighted by atomic mass is 19.1. The summed E-state index contributed by atoms with van der Waals surface area (Å²) in [7, 11) is 1.26. The number of oxazole rings is 1. The van der Waals surface area contributed by atoms with Crippen LogP contribution in [0.3, 0.4) is 0 Å². The topological polar surface area (TPSA) is 64.4 Å². The number of halogens is 1. The lowest BCUT2D eigenvalue weighted by atomic mass is 10.1. The minimum Gasteiger partial charge on any atom is -0.469 e. The van der Waals surface area contributed by atoms with Crippen molar-refractivity contribution in [2.45, 2.75) is 6.42 Å². The zero-order valence-corrected chi connectivity index (χ0v) is 14.0. The highest BCUT2D eigenvalue weighted by Gasteiger charge is 2.17. The zero-order valence-electron chi connectivity index (χ0n) is 14.0. The number of aromatic nitrogens is 1. The van der Waals surface area contributed by atoms with Crippen molar-refractivity contribution in [3.8, 4) is 0 Å². The van der Waals surface area contributed by atoms with Crippen LogP contribution in [0.2, 0.25) is 0 Å². The summed E-state index contributed by atoms with van der Waals surface area (Å²) in [6.45, 7) is 0. The van der Waals surface area contributed by atoms with Crippen molar-refractivity contribution in [2.75, 3.05) is 12.4 Å². The Morgan fingerprint density at radius 2 is 1.96 bits per heavy atom. The van der Waals surface area contributed by atoms with Gasteiger partial charge >= 0.3 is 5.97 Å². The Hall–Kier alpha value is -3.41. The first-order chi connectivity index (χ1) is 12.7. The number of benzene rings is 3. The SMILES string of the molecule is COC(=O)Cc1ccc2nc(Nc3cccc4ccccc34)oc2c1F. The Bertz CT molecular complexity index is 1120. The van der Waals surface area contributed by atoms with Crippen LogP contribution in [-0.2, 0) is 16.0 Å². The molecule has 0 atom stereocenters. The summed E-state index contributed by atoms with van der Waals surface area (Å²) in [4.78, 5) is 15.7. The van der Waals surface area contributed by atoms with Crippen LogP contribution in [0, 0.1) is 5.82 Å². The van der Waals surface area contributed by atoms with Gasteiger partial charge in [0.05, 0.1) is 19.2 Å². The Kier molecular flexibility index (Phi) is 4.01. The van der Waals surface area contributed by atoms with Crippen molar-refractivity contribution < 1.29 is 18.3 Å². The van der Waals surface area contributed by atoms with Crippen LogP contribution >= 0.6 is 0 Å². The number of fused-ring (bicyclic) bond motifs is 2. The van der Waals surface area contributed by atoms with Gasteiger partial charge in [-0.15, -0.1) is 0 Å². The van der Waals surface area contributed by atoms with Gasteiger partial charge in [-0.1, -0.05) is 42.5 Å². The fourth-order valence-corrected chi connectivity index (χ4v) is 2.87. The van der Waals surface area contributed by atoms with Crippen LogP contribution in [0.15, 0.2) is 59.0 Å². The Balaban J connectivity index is 1.71. The summed E-state index contributed by atoms with van der Waals surface area (Å²) in [5.74, 6) is -1.12. The normalized spacial score (nSPS) is 11.0. The van der Waals surface area contributed by atoms with Gasteiger partial charge in [0.2, 0.25) is 0 Å². The zero-order chi connectivity index (χ0) is 18.1. The molecule has 0 saturated heterocycles. The number of anilines is 2. The lowest BCUT2D eigenvalue weighted by Gasteiger charge is -2.06. The van der Waals surface area contributed by atoms with Crippen molar-refractivity contribution in [1.82, 2.24) is 4.98 Å². The number of carbonyl (C=O) groups excluding carboxylic acids is 1. The van der Waals surface area contributed by atoms with E-state index in [0.717, 1.165) is 16.5 Å². The van der Waals surface area contributed by atoms with Crippen molar-refractivity contribution in [2.24, 2.45) is 0 Å². The molecule has 130 valence electrons. The molecule has 1 heterocycles. The van der Waals surface area contributed by atoms with Gasteiger partial charge in [-0.2, -0.15) is 4.98 Å². The molecular weight excluding hydrogens is 335 g/mol. The van der Waals surface area contributed by atoms with Crippen LogP contribution in [0.5, 0.6) is 0 Å². The van der Waals surface area contributed by atoms with Crippen molar-refractivity contribution in [3.63, 3.8) is 0 Å². The molecule has 0 fully saturated rings. The molecular formula is C20H15FN2O3. The Labute approximate surface area is 148 Å². The molecule has 0 radical (unpaired) electrons. The fourth-order valence-electron chi connectivity index (χ4n) is 2.87. The van der Waals surface area contributed by atoms with Crippen LogP contribution in [0.1, 0.15) is 5.56 Å². The van der Waals surface area contributed by atoms with Crippen LogP contribution < -0.4 is 5.32 Å². The maximum atomic E-state index is 14.6. The number of nitrogens with one attached hydrogen (secondary N) is 1. The average molecular weight is 350 g/mol. The van der Waals surface area contributed by atoms with Gasteiger partial charge in [-0.3, -0.25) is 4.79 Å². The molecule has 0 aliphatic heterocycles. The highest BCUT2D eigenvalue weighted by Crippen LogP contribution is 2.29. The van der Waals surface area contributed by atoms with Gasteiger partial charge in [-0.05, 0) is 17.5 Å². The summed E-state index contributed by atoms with van der Waals surface area (Å²) in [5, 5.41) is 5.17. The molecule has 4 rings (SSSR count). The van der Waals surface area contributed by atoms with E-state index >= 15 is 0 Å². The fraction of sp³-hybridized carbons (Fsp3) is 0.100. The maximum Gasteiger partial charge on any atom is 0.310 e. The molecule has 0 saturated carbocycles. The summed E-state index contributed by atoms with van der Waals surface area (Å²) >= 11 is 0. The van der Waals surface area contributed by atoms with Crippen molar-refractivity contribution in [3.05, 3.63) is 66.0 Å². The Morgan fingerprint density at radius 3 is 2.81 bits per heavy atom. The molecule has 0 unspecified atom stereocenters. The number of esters is 1. The second kappa shape index (κ2) is 6.48. The standard InChI is InChI=1S/C20H15FN2O3/c1-25-17(24)11-13-9-10-16-19(18(13)21)26-20(23-16)22-15-8-4-6-12-5-2-3-7-14(12)15/h2-10H,11H2,1H3,(H,22,23). The first-order valence-electron chi connectivity index (χ1n) is 8.05. The molecule has 0 aliphatic carbocycles. The number of hydrogen-bond acceptors (Lipinski definition) is 5. The molecule has 1 N–H and O–H groups in total. The molecule has 4 aromatic rings. The third-order valence-electron chi connectivity index (χ3n) is 4.17. The number of methoxy groups -OCH3 is 1. The van der Waals surface area contributed by atoms with Gasteiger partial charge in [0.1, 0.15) is 5.52 Å². The van der Waals surface area contributed by atoms with E-state index in [0.29, 0.717) is 5.52 Å². The van der Waals surface area contributed by atoms with E-state index in [9.17, 15) is 9.18 Å². The summed E-state index contributed by atoms with van der Waals surface area (Å²) in [5.41, 5.74) is 1.40. The van der Waals surface area contributed by atoms with Crippen molar-refractivity contribution >= 4 is 39.5 Å². The molecule has 1 aromatic heterocycles. The number of hydrogen-bond donors (Lipinski definition) is 1.